The number of anilines is 1. The van der Waals surface area contributed by atoms with E-state index in [1.165, 1.54) is 17.7 Å². The van der Waals surface area contributed by atoms with Crippen molar-refractivity contribution in [2.75, 3.05) is 18.6 Å². The summed E-state index contributed by atoms with van der Waals surface area (Å²) in [5, 5.41) is 8.70. The van der Waals surface area contributed by atoms with Crippen molar-refractivity contribution in [3.8, 4) is 5.75 Å². The number of hydroxylamine groups is 1. The van der Waals surface area contributed by atoms with E-state index in [1.54, 1.807) is 24.7 Å². The van der Waals surface area contributed by atoms with E-state index in [4.69, 9.17) is 9.94 Å². The summed E-state index contributed by atoms with van der Waals surface area (Å²) in [6.45, 7) is 1.74. The molecule has 0 radical (unpaired) electrons. The van der Waals surface area contributed by atoms with E-state index in [0.717, 1.165) is 37.2 Å². The minimum Gasteiger partial charge on any atom is -0.495 e. The van der Waals surface area contributed by atoms with E-state index in [2.05, 4.69) is 11.0 Å². The topological polar surface area (TPSA) is 61.8 Å². The van der Waals surface area contributed by atoms with Crippen LogP contribution in [0.4, 0.5) is 5.69 Å². The summed E-state index contributed by atoms with van der Waals surface area (Å²) in [5.41, 5.74) is 5.70. The predicted octanol–water partition coefficient (Wildman–Crippen LogP) is 3.16. The first-order valence-electron chi connectivity index (χ1n) is 8.17. The molecule has 0 spiro atoms. The third kappa shape index (κ3) is 3.36. The van der Waals surface area contributed by atoms with Crippen LogP contribution in [0.5, 0.6) is 5.75 Å². The number of carbonyl (C=O) groups excluding carboxylic acids is 1. The number of nitrogens with zero attached hydrogens (tertiary/aromatic N) is 1. The summed E-state index contributed by atoms with van der Waals surface area (Å²) in [6.07, 6.45) is 3.38. The molecule has 0 atom stereocenters. The standard InChI is InChI=1S/C19H22N2O3/c1-24-17-7-4-6-15-5-2-3-12-21(18(15)17)13-14-8-10-16(11-9-14)19(22)20-23/h4,6-11,23H,2-3,5,12-13H2,1H3,(H,20,22). The van der Waals surface area contributed by atoms with E-state index >= 15 is 0 Å². The SMILES string of the molecule is COc1cccc2c1N(Cc1ccc(C(=O)NO)cc1)CCCC2. The summed E-state index contributed by atoms with van der Waals surface area (Å²) in [5.74, 6) is 0.411. The van der Waals surface area contributed by atoms with Crippen LogP contribution in [-0.2, 0) is 13.0 Å². The minimum atomic E-state index is -0.497. The first-order valence-corrected chi connectivity index (χ1v) is 8.17. The van der Waals surface area contributed by atoms with Crippen molar-refractivity contribution in [1.29, 1.82) is 0 Å². The molecule has 24 heavy (non-hydrogen) atoms. The number of hydrogen-bond donors (Lipinski definition) is 2. The Morgan fingerprint density at radius 3 is 2.71 bits per heavy atom. The van der Waals surface area contributed by atoms with Crippen molar-refractivity contribution in [3.05, 3.63) is 59.2 Å². The van der Waals surface area contributed by atoms with Gasteiger partial charge in [-0.2, -0.15) is 0 Å². The van der Waals surface area contributed by atoms with Crippen LogP contribution < -0.4 is 15.1 Å². The normalized spacial score (nSPS) is 13.8. The van der Waals surface area contributed by atoms with E-state index in [1.807, 2.05) is 24.3 Å². The number of ether oxygens (including phenoxy) is 1. The predicted molar refractivity (Wildman–Crippen MR) is 92.7 cm³/mol. The highest BCUT2D eigenvalue weighted by molar-refractivity contribution is 5.93. The number of hydrogen-bond acceptors (Lipinski definition) is 4. The summed E-state index contributed by atoms with van der Waals surface area (Å²) in [7, 11) is 1.71. The van der Waals surface area contributed by atoms with Crippen LogP contribution in [0.2, 0.25) is 0 Å². The quantitative estimate of drug-likeness (QED) is 0.669. The molecule has 0 aromatic heterocycles. The number of carbonyl (C=O) groups is 1. The number of rotatable bonds is 4. The van der Waals surface area contributed by atoms with E-state index in [9.17, 15) is 4.79 Å². The van der Waals surface area contributed by atoms with Crippen LogP contribution in [0, 0.1) is 0 Å². The van der Waals surface area contributed by atoms with Gasteiger partial charge in [-0.05, 0) is 48.6 Å². The molecule has 2 aromatic rings. The number of methoxy groups -OCH3 is 1. The second-order valence-electron chi connectivity index (χ2n) is 5.98. The third-order valence-corrected chi connectivity index (χ3v) is 4.43. The Balaban J connectivity index is 1.86. The second kappa shape index (κ2) is 7.36. The minimum absolute atomic E-state index is 0.440. The third-order valence-electron chi connectivity index (χ3n) is 4.43. The largest absolute Gasteiger partial charge is 0.495 e. The molecule has 0 saturated heterocycles. The fraction of sp³-hybridized carbons (Fsp3) is 0.316. The lowest BCUT2D eigenvalue weighted by molar-refractivity contribution is 0.0706. The molecular formula is C19H22N2O3. The first kappa shape index (κ1) is 16.3. The average molecular weight is 326 g/mol. The van der Waals surface area contributed by atoms with Gasteiger partial charge in [-0.25, -0.2) is 5.48 Å². The van der Waals surface area contributed by atoms with Gasteiger partial charge in [0.1, 0.15) is 5.75 Å². The maximum Gasteiger partial charge on any atom is 0.274 e. The highest BCUT2D eigenvalue weighted by atomic mass is 16.5. The molecule has 0 fully saturated rings. The van der Waals surface area contributed by atoms with Crippen LogP contribution in [0.25, 0.3) is 0 Å². The van der Waals surface area contributed by atoms with Gasteiger partial charge in [-0.15, -0.1) is 0 Å². The Labute approximate surface area is 141 Å². The molecule has 2 N–H and O–H groups in total. The van der Waals surface area contributed by atoms with Crippen molar-refractivity contribution < 1.29 is 14.7 Å². The maximum absolute atomic E-state index is 11.4. The number of aryl methyl sites for hydroxylation is 1. The Bertz CT molecular complexity index is 713. The van der Waals surface area contributed by atoms with Gasteiger partial charge in [0.2, 0.25) is 0 Å². The number of para-hydroxylation sites is 1. The maximum atomic E-state index is 11.4. The smallest absolute Gasteiger partial charge is 0.274 e. The fourth-order valence-corrected chi connectivity index (χ4v) is 3.23. The molecule has 3 rings (SSSR count). The van der Waals surface area contributed by atoms with Gasteiger partial charge in [-0.1, -0.05) is 24.3 Å². The molecule has 1 aliphatic heterocycles. The van der Waals surface area contributed by atoms with E-state index in [0.29, 0.717) is 5.56 Å². The lowest BCUT2D eigenvalue weighted by Crippen LogP contribution is -2.24. The van der Waals surface area contributed by atoms with E-state index in [-0.39, 0.29) is 0 Å². The van der Waals surface area contributed by atoms with Crippen LogP contribution in [-0.4, -0.2) is 24.8 Å². The highest BCUT2D eigenvalue weighted by Gasteiger charge is 2.19. The van der Waals surface area contributed by atoms with Crippen LogP contribution >= 0.6 is 0 Å². The Morgan fingerprint density at radius 1 is 1.21 bits per heavy atom. The second-order valence-corrected chi connectivity index (χ2v) is 5.98. The fourth-order valence-electron chi connectivity index (χ4n) is 3.23. The molecule has 5 heteroatoms. The highest BCUT2D eigenvalue weighted by Crippen LogP contribution is 2.36. The molecule has 5 nitrogen and oxygen atoms in total. The van der Waals surface area contributed by atoms with Crippen molar-refractivity contribution in [3.63, 3.8) is 0 Å². The Kier molecular flexibility index (Phi) is 5.01. The molecule has 2 aromatic carbocycles. The summed E-state index contributed by atoms with van der Waals surface area (Å²) < 4.78 is 5.58. The van der Waals surface area contributed by atoms with Crippen LogP contribution in [0.3, 0.4) is 0 Å². The van der Waals surface area contributed by atoms with Crippen LogP contribution in [0.15, 0.2) is 42.5 Å². The zero-order valence-electron chi connectivity index (χ0n) is 13.8. The van der Waals surface area contributed by atoms with E-state index < -0.39 is 5.91 Å². The molecule has 0 bridgehead atoms. The molecule has 0 unspecified atom stereocenters. The zero-order valence-corrected chi connectivity index (χ0v) is 13.8. The van der Waals surface area contributed by atoms with Gasteiger partial charge < -0.3 is 9.64 Å². The monoisotopic (exact) mass is 326 g/mol. The summed E-state index contributed by atoms with van der Waals surface area (Å²) in [6, 6.07) is 13.5. The number of fused-ring (bicyclic) bond motifs is 1. The van der Waals surface area contributed by atoms with Gasteiger partial charge in [-0.3, -0.25) is 10.0 Å². The molecule has 1 heterocycles. The molecular weight excluding hydrogens is 304 g/mol. The van der Waals surface area contributed by atoms with Gasteiger partial charge >= 0.3 is 0 Å². The van der Waals surface area contributed by atoms with Crippen molar-refractivity contribution >= 4 is 11.6 Å². The van der Waals surface area contributed by atoms with Gasteiger partial charge in [0.25, 0.3) is 5.91 Å². The van der Waals surface area contributed by atoms with Crippen molar-refractivity contribution in [1.82, 2.24) is 5.48 Å². The van der Waals surface area contributed by atoms with Gasteiger partial charge in [0.15, 0.2) is 0 Å². The first-order chi connectivity index (χ1) is 11.7. The van der Waals surface area contributed by atoms with Crippen molar-refractivity contribution in [2.24, 2.45) is 0 Å². The molecule has 1 aliphatic rings. The summed E-state index contributed by atoms with van der Waals surface area (Å²) in [4.78, 5) is 13.8. The van der Waals surface area contributed by atoms with Gasteiger partial charge in [0, 0.05) is 18.7 Å². The van der Waals surface area contributed by atoms with Crippen molar-refractivity contribution in [2.45, 2.75) is 25.8 Å². The molecule has 1 amide bonds. The molecule has 126 valence electrons. The number of amides is 1. The lowest BCUT2D eigenvalue weighted by atomic mass is 10.1. The summed E-state index contributed by atoms with van der Waals surface area (Å²) >= 11 is 0. The Morgan fingerprint density at radius 2 is 2.00 bits per heavy atom. The lowest BCUT2D eigenvalue weighted by Gasteiger charge is -2.27. The molecule has 0 saturated carbocycles. The zero-order chi connectivity index (χ0) is 16.9. The number of nitrogens with one attached hydrogen (secondary N) is 1. The average Bonchev–Trinajstić information content (AvgIpc) is 2.84. The Hall–Kier alpha value is -2.53. The van der Waals surface area contributed by atoms with Gasteiger partial charge in [0.05, 0.1) is 12.8 Å². The number of benzene rings is 2. The van der Waals surface area contributed by atoms with Crippen LogP contribution in [0.1, 0.15) is 34.3 Å². The molecule has 0 aliphatic carbocycles.